The van der Waals surface area contributed by atoms with Gasteiger partial charge >= 0.3 is 0 Å². The van der Waals surface area contributed by atoms with Gasteiger partial charge in [-0.25, -0.2) is 0 Å². The normalized spacial score (nSPS) is 16.6. The van der Waals surface area contributed by atoms with Gasteiger partial charge in [0.05, 0.1) is 35.1 Å². The van der Waals surface area contributed by atoms with E-state index in [2.05, 4.69) is 15.6 Å². The molecule has 0 saturated carbocycles. The van der Waals surface area contributed by atoms with Gasteiger partial charge in [0.2, 0.25) is 5.91 Å². The zero-order chi connectivity index (χ0) is 27.5. The number of anilines is 2. The van der Waals surface area contributed by atoms with Crippen LogP contribution in [0, 0.1) is 10.1 Å². The van der Waals surface area contributed by atoms with Crippen LogP contribution >= 0.6 is 12.2 Å². The van der Waals surface area contributed by atoms with Gasteiger partial charge in [-0.3, -0.25) is 19.9 Å². The van der Waals surface area contributed by atoms with Crippen LogP contribution in [-0.4, -0.2) is 32.6 Å². The molecule has 10 nitrogen and oxygen atoms in total. The van der Waals surface area contributed by atoms with Crippen molar-refractivity contribution in [2.75, 3.05) is 17.3 Å². The van der Waals surface area contributed by atoms with Gasteiger partial charge in [-0.2, -0.15) is 0 Å². The van der Waals surface area contributed by atoms with E-state index in [9.17, 15) is 14.9 Å². The molecule has 5 rings (SSSR count). The summed E-state index contributed by atoms with van der Waals surface area (Å²) in [6.45, 7) is 1.78. The van der Waals surface area contributed by atoms with Crippen molar-refractivity contribution in [2.24, 2.45) is 0 Å². The first-order chi connectivity index (χ1) is 18.9. The van der Waals surface area contributed by atoms with Gasteiger partial charge in [0.15, 0.2) is 5.11 Å². The van der Waals surface area contributed by atoms with Gasteiger partial charge in [-0.15, -0.1) is 0 Å². The van der Waals surface area contributed by atoms with Crippen molar-refractivity contribution in [3.05, 3.63) is 107 Å². The van der Waals surface area contributed by atoms with Crippen molar-refractivity contribution in [3.63, 3.8) is 0 Å². The highest BCUT2D eigenvalue weighted by molar-refractivity contribution is 7.80. The number of rotatable bonds is 8. The van der Waals surface area contributed by atoms with E-state index < -0.39 is 4.92 Å². The number of carbonyl (C=O) groups is 1. The van der Waals surface area contributed by atoms with Crippen molar-refractivity contribution in [1.29, 1.82) is 0 Å². The molecule has 2 aromatic heterocycles. The highest BCUT2D eigenvalue weighted by Gasteiger charge is 2.42. The molecule has 2 aromatic carbocycles. The number of pyridine rings is 1. The fourth-order valence-corrected chi connectivity index (χ4v) is 5.08. The summed E-state index contributed by atoms with van der Waals surface area (Å²) < 4.78 is 7.53. The molecule has 198 valence electrons. The van der Waals surface area contributed by atoms with E-state index in [1.165, 1.54) is 6.07 Å². The van der Waals surface area contributed by atoms with Crippen LogP contribution in [0.15, 0.2) is 85.2 Å². The number of nitrogens with one attached hydrogen (secondary N) is 2. The molecule has 1 fully saturated rings. The highest BCUT2D eigenvalue weighted by Crippen LogP contribution is 2.44. The molecular weight excluding hydrogens is 516 g/mol. The van der Waals surface area contributed by atoms with Gasteiger partial charge in [-0.1, -0.05) is 19.1 Å². The fraction of sp³-hybridized carbons (Fsp3) is 0.179. The number of ether oxygens (including phenoxy) is 1. The Hall–Kier alpha value is -4.77. The third-order valence-corrected chi connectivity index (χ3v) is 6.87. The molecule has 2 unspecified atom stereocenters. The van der Waals surface area contributed by atoms with E-state index in [4.69, 9.17) is 17.0 Å². The van der Waals surface area contributed by atoms with Gasteiger partial charge in [-0.05, 0) is 54.7 Å². The number of methoxy groups -OCH3 is 1. The molecular formula is C28H26N6O4S. The monoisotopic (exact) mass is 542 g/mol. The first-order valence-corrected chi connectivity index (χ1v) is 12.7. The lowest BCUT2D eigenvalue weighted by molar-refractivity contribution is -0.384. The third kappa shape index (κ3) is 5.04. The first kappa shape index (κ1) is 25.9. The van der Waals surface area contributed by atoms with Crippen LogP contribution in [0.5, 0.6) is 5.75 Å². The van der Waals surface area contributed by atoms with Crippen LogP contribution in [-0.2, 0) is 4.79 Å². The molecule has 1 saturated heterocycles. The number of carbonyl (C=O) groups excluding carboxylic acids is 1. The maximum Gasteiger partial charge on any atom is 0.271 e. The van der Waals surface area contributed by atoms with Crippen molar-refractivity contribution in [3.8, 4) is 11.4 Å². The SMILES string of the molecule is CCC(=O)Nc1ccc(N2C(=S)NC(c3ccccn3)C2c2cccn2-c2cccc([N+](=O)[O-])c2)cc1OC. The quantitative estimate of drug-likeness (QED) is 0.175. The molecule has 2 atom stereocenters. The number of nitro groups is 1. The lowest BCUT2D eigenvalue weighted by Crippen LogP contribution is -2.30. The lowest BCUT2D eigenvalue weighted by atomic mass is 10.0. The molecule has 1 aliphatic heterocycles. The molecule has 4 aromatic rings. The number of aromatic nitrogens is 2. The maximum atomic E-state index is 12.0. The molecule has 1 aliphatic rings. The number of non-ortho nitro benzene ring substituents is 1. The van der Waals surface area contributed by atoms with Crippen molar-refractivity contribution in [2.45, 2.75) is 25.4 Å². The Morgan fingerprint density at radius 2 is 1.97 bits per heavy atom. The topological polar surface area (TPSA) is 115 Å². The van der Waals surface area contributed by atoms with Crippen molar-refractivity contribution < 1.29 is 14.5 Å². The minimum atomic E-state index is -0.410. The number of hydrogen-bond donors (Lipinski definition) is 2. The first-order valence-electron chi connectivity index (χ1n) is 12.3. The molecule has 3 heterocycles. The Morgan fingerprint density at radius 3 is 2.69 bits per heavy atom. The van der Waals surface area contributed by atoms with E-state index in [1.807, 2.05) is 64.2 Å². The molecule has 0 radical (unpaired) electrons. The van der Waals surface area contributed by atoms with Crippen LogP contribution in [0.2, 0.25) is 0 Å². The average Bonchev–Trinajstić information content (AvgIpc) is 3.58. The molecule has 2 N–H and O–H groups in total. The Labute approximate surface area is 230 Å². The largest absolute Gasteiger partial charge is 0.494 e. The fourth-order valence-electron chi connectivity index (χ4n) is 4.73. The van der Waals surface area contributed by atoms with Gasteiger partial charge in [0.1, 0.15) is 11.8 Å². The second-order valence-electron chi connectivity index (χ2n) is 8.86. The molecule has 39 heavy (non-hydrogen) atoms. The Morgan fingerprint density at radius 1 is 1.13 bits per heavy atom. The van der Waals surface area contributed by atoms with Crippen LogP contribution in [0.3, 0.4) is 0 Å². The molecule has 0 spiro atoms. The summed E-state index contributed by atoms with van der Waals surface area (Å²) in [6, 6.07) is 20.8. The number of hydrogen-bond acceptors (Lipinski definition) is 6. The maximum absolute atomic E-state index is 12.0. The van der Waals surface area contributed by atoms with Crippen LogP contribution in [0.4, 0.5) is 17.1 Å². The second kappa shape index (κ2) is 10.9. The number of benzene rings is 2. The summed E-state index contributed by atoms with van der Waals surface area (Å²) in [4.78, 5) is 29.7. The molecule has 0 aliphatic carbocycles. The molecule has 11 heteroatoms. The Bertz CT molecular complexity index is 1540. The predicted molar refractivity (Wildman–Crippen MR) is 152 cm³/mol. The summed E-state index contributed by atoms with van der Waals surface area (Å²) in [5.41, 5.74) is 3.59. The number of nitrogens with zero attached hydrogens (tertiary/aromatic N) is 4. The Kier molecular flexibility index (Phi) is 7.24. The van der Waals surface area contributed by atoms with Crippen molar-refractivity contribution >= 4 is 40.3 Å². The summed E-state index contributed by atoms with van der Waals surface area (Å²) in [5, 5.41) is 18.2. The molecule has 1 amide bonds. The minimum Gasteiger partial charge on any atom is -0.494 e. The standard InChI is InChI=1S/C28H26N6O4S/c1-3-25(35)30-21-13-12-19(17-24(21)38-2)33-27(26(31-28(33)39)22-10-4-5-14-29-22)23-11-7-15-32(23)18-8-6-9-20(16-18)34(36)37/h4-17,26-27H,3H2,1-2H3,(H,30,35)(H,31,39). The molecule has 0 bridgehead atoms. The number of nitro benzene ring substituents is 1. The second-order valence-corrected chi connectivity index (χ2v) is 9.25. The zero-order valence-electron chi connectivity index (χ0n) is 21.3. The van der Waals surface area contributed by atoms with Crippen LogP contribution in [0.25, 0.3) is 5.69 Å². The third-order valence-electron chi connectivity index (χ3n) is 6.56. The van der Waals surface area contributed by atoms with E-state index in [0.29, 0.717) is 28.7 Å². The summed E-state index contributed by atoms with van der Waals surface area (Å²) in [6.07, 6.45) is 3.94. The zero-order valence-corrected chi connectivity index (χ0v) is 22.1. The predicted octanol–water partition coefficient (Wildman–Crippen LogP) is 5.31. The van der Waals surface area contributed by atoms with E-state index in [1.54, 1.807) is 38.4 Å². The van der Waals surface area contributed by atoms with Crippen LogP contribution in [0.1, 0.15) is 36.8 Å². The summed E-state index contributed by atoms with van der Waals surface area (Å²) >= 11 is 5.84. The Balaban J connectivity index is 1.64. The van der Waals surface area contributed by atoms with Gasteiger partial charge < -0.3 is 24.8 Å². The minimum absolute atomic E-state index is 0.000184. The van der Waals surface area contributed by atoms with Crippen LogP contribution < -0.4 is 20.3 Å². The van der Waals surface area contributed by atoms with Crippen molar-refractivity contribution in [1.82, 2.24) is 14.9 Å². The lowest BCUT2D eigenvalue weighted by Gasteiger charge is -2.29. The summed E-state index contributed by atoms with van der Waals surface area (Å²) in [7, 11) is 1.54. The average molecular weight is 543 g/mol. The summed E-state index contributed by atoms with van der Waals surface area (Å²) in [5.74, 6) is 0.369. The number of thiocarbonyl (C=S) groups is 1. The smallest absolute Gasteiger partial charge is 0.271 e. The van der Waals surface area contributed by atoms with Gasteiger partial charge in [0, 0.05) is 48.4 Å². The van der Waals surface area contributed by atoms with E-state index in [0.717, 1.165) is 17.1 Å². The van der Waals surface area contributed by atoms with E-state index in [-0.39, 0.29) is 23.7 Å². The highest BCUT2D eigenvalue weighted by atomic mass is 32.1. The van der Waals surface area contributed by atoms with E-state index >= 15 is 0 Å². The van der Waals surface area contributed by atoms with Gasteiger partial charge in [0.25, 0.3) is 5.69 Å². The number of amides is 1.